The van der Waals surface area contributed by atoms with Crippen molar-refractivity contribution < 1.29 is 9.53 Å². The van der Waals surface area contributed by atoms with Crippen LogP contribution in [0.4, 0.5) is 10.5 Å². The molecule has 20 heavy (non-hydrogen) atoms. The third kappa shape index (κ3) is 3.85. The second kappa shape index (κ2) is 6.75. The second-order valence-corrected chi connectivity index (χ2v) is 4.76. The number of carbonyl (C=O) groups is 1. The number of amides is 1. The van der Waals surface area contributed by atoms with Gasteiger partial charge in [-0.2, -0.15) is 0 Å². The van der Waals surface area contributed by atoms with E-state index in [0.29, 0.717) is 11.7 Å². The second-order valence-electron chi connectivity index (χ2n) is 4.76. The molecule has 0 bridgehead atoms. The van der Waals surface area contributed by atoms with Crippen LogP contribution >= 0.6 is 0 Å². The van der Waals surface area contributed by atoms with E-state index in [-0.39, 0.29) is 0 Å². The van der Waals surface area contributed by atoms with Gasteiger partial charge in [-0.1, -0.05) is 44.2 Å². The van der Waals surface area contributed by atoms with Crippen molar-refractivity contribution in [2.24, 2.45) is 0 Å². The predicted molar refractivity (Wildman–Crippen MR) is 81.2 cm³/mol. The molecule has 0 spiro atoms. The molecule has 0 heterocycles. The number of para-hydroxylation sites is 1. The number of carbonyl (C=O) groups excluding carboxylic acids is 1. The molecule has 0 radical (unpaired) electrons. The molecule has 0 aliphatic heterocycles. The molecule has 104 valence electrons. The summed E-state index contributed by atoms with van der Waals surface area (Å²) in [7, 11) is 0. The molecule has 3 nitrogen and oxygen atoms in total. The molecule has 0 fully saturated rings. The lowest BCUT2D eigenvalue weighted by Gasteiger charge is -2.10. The Labute approximate surface area is 119 Å². The van der Waals surface area contributed by atoms with Crippen molar-refractivity contribution in [1.82, 2.24) is 0 Å². The van der Waals surface area contributed by atoms with Gasteiger partial charge in [-0.3, -0.25) is 5.32 Å². The quantitative estimate of drug-likeness (QED) is 0.864. The van der Waals surface area contributed by atoms with Crippen molar-refractivity contribution in [2.45, 2.75) is 26.2 Å². The third-order valence-electron chi connectivity index (χ3n) is 3.29. The van der Waals surface area contributed by atoms with Gasteiger partial charge >= 0.3 is 6.09 Å². The van der Waals surface area contributed by atoms with Crippen LogP contribution in [-0.2, 0) is 0 Å². The summed E-state index contributed by atoms with van der Waals surface area (Å²) in [5.74, 6) is 1.06. The number of nitrogens with one attached hydrogen (secondary N) is 1. The third-order valence-corrected chi connectivity index (χ3v) is 3.29. The van der Waals surface area contributed by atoms with E-state index in [1.54, 1.807) is 12.1 Å². The van der Waals surface area contributed by atoms with Crippen molar-refractivity contribution in [3.05, 3.63) is 60.2 Å². The summed E-state index contributed by atoms with van der Waals surface area (Å²) >= 11 is 0. The molecule has 0 aromatic heterocycles. The fourth-order valence-corrected chi connectivity index (χ4v) is 1.87. The Bertz CT molecular complexity index is 549. The van der Waals surface area contributed by atoms with Gasteiger partial charge in [0.1, 0.15) is 5.75 Å². The smallest absolute Gasteiger partial charge is 0.410 e. The van der Waals surface area contributed by atoms with Crippen LogP contribution in [0.1, 0.15) is 31.7 Å². The van der Waals surface area contributed by atoms with Gasteiger partial charge in [-0.15, -0.1) is 0 Å². The van der Waals surface area contributed by atoms with Crippen molar-refractivity contribution in [3.8, 4) is 5.75 Å². The summed E-state index contributed by atoms with van der Waals surface area (Å²) in [6.07, 6.45) is 0.621. The van der Waals surface area contributed by atoms with Gasteiger partial charge in [-0.05, 0) is 42.2 Å². The number of ether oxygens (including phenoxy) is 1. The van der Waals surface area contributed by atoms with E-state index < -0.39 is 6.09 Å². The minimum absolute atomic E-state index is 0.479. The Balaban J connectivity index is 1.94. The van der Waals surface area contributed by atoms with Crippen LogP contribution < -0.4 is 10.1 Å². The number of anilines is 1. The highest BCUT2D eigenvalue weighted by Gasteiger charge is 2.06. The Hall–Kier alpha value is -2.29. The molecule has 0 aliphatic rings. The van der Waals surface area contributed by atoms with Gasteiger partial charge in [0.25, 0.3) is 0 Å². The molecule has 2 aromatic carbocycles. The maximum Gasteiger partial charge on any atom is 0.417 e. The van der Waals surface area contributed by atoms with Crippen molar-refractivity contribution in [3.63, 3.8) is 0 Å². The average molecular weight is 269 g/mol. The summed E-state index contributed by atoms with van der Waals surface area (Å²) in [6, 6.07) is 16.9. The minimum Gasteiger partial charge on any atom is -0.410 e. The molecule has 0 saturated carbocycles. The molecule has 1 atom stereocenters. The number of benzene rings is 2. The van der Waals surface area contributed by atoms with E-state index >= 15 is 0 Å². The van der Waals surface area contributed by atoms with Gasteiger partial charge in [0.15, 0.2) is 0 Å². The molecule has 1 amide bonds. The van der Waals surface area contributed by atoms with Gasteiger partial charge < -0.3 is 4.74 Å². The van der Waals surface area contributed by atoms with Gasteiger partial charge in [0.2, 0.25) is 0 Å². The SMILES string of the molecule is CC[C@H](C)c1ccc(NC(=O)Oc2ccccc2)cc1. The average Bonchev–Trinajstić information content (AvgIpc) is 2.48. The predicted octanol–water partition coefficient (Wildman–Crippen LogP) is 4.81. The lowest BCUT2D eigenvalue weighted by atomic mass is 9.99. The van der Waals surface area contributed by atoms with E-state index in [0.717, 1.165) is 12.1 Å². The highest BCUT2D eigenvalue weighted by Crippen LogP contribution is 2.20. The van der Waals surface area contributed by atoms with E-state index in [1.165, 1.54) is 5.56 Å². The first-order valence-corrected chi connectivity index (χ1v) is 6.83. The highest BCUT2D eigenvalue weighted by molar-refractivity contribution is 5.86. The summed E-state index contributed by atoms with van der Waals surface area (Å²) in [5.41, 5.74) is 2.01. The summed E-state index contributed by atoms with van der Waals surface area (Å²) in [5, 5.41) is 2.71. The molecule has 0 saturated heterocycles. The molecule has 3 heteroatoms. The van der Waals surface area contributed by atoms with Crippen molar-refractivity contribution >= 4 is 11.8 Å². The van der Waals surface area contributed by atoms with Crippen LogP contribution in [-0.4, -0.2) is 6.09 Å². The van der Waals surface area contributed by atoms with E-state index in [9.17, 15) is 4.79 Å². The molecule has 2 aromatic rings. The molecular formula is C17H19NO2. The van der Waals surface area contributed by atoms with E-state index in [2.05, 4.69) is 19.2 Å². The first kappa shape index (κ1) is 14.1. The molecular weight excluding hydrogens is 250 g/mol. The fraction of sp³-hybridized carbons (Fsp3) is 0.235. The minimum atomic E-state index is -0.479. The molecule has 2 rings (SSSR count). The Kier molecular flexibility index (Phi) is 4.77. The van der Waals surface area contributed by atoms with E-state index in [1.807, 2.05) is 42.5 Å². The molecule has 0 aliphatic carbocycles. The first-order chi connectivity index (χ1) is 9.69. The molecule has 1 N–H and O–H groups in total. The lowest BCUT2D eigenvalue weighted by molar-refractivity contribution is 0.215. The van der Waals surface area contributed by atoms with Crippen LogP contribution in [0, 0.1) is 0 Å². The van der Waals surface area contributed by atoms with Crippen LogP contribution in [0.2, 0.25) is 0 Å². The maximum absolute atomic E-state index is 11.7. The summed E-state index contributed by atoms with van der Waals surface area (Å²) in [6.45, 7) is 4.35. The standard InChI is InChI=1S/C17H19NO2/c1-3-13(2)14-9-11-15(12-10-14)18-17(19)20-16-7-5-4-6-8-16/h4-13H,3H2,1-2H3,(H,18,19)/t13-/m0/s1. The number of rotatable bonds is 4. The highest BCUT2D eigenvalue weighted by atomic mass is 16.6. The molecule has 0 unspecified atom stereocenters. The van der Waals surface area contributed by atoms with Crippen LogP contribution in [0.5, 0.6) is 5.75 Å². The lowest BCUT2D eigenvalue weighted by Crippen LogP contribution is -2.16. The van der Waals surface area contributed by atoms with Crippen LogP contribution in [0.25, 0.3) is 0 Å². The Morgan fingerprint density at radius 3 is 2.35 bits per heavy atom. The Morgan fingerprint density at radius 1 is 1.10 bits per heavy atom. The largest absolute Gasteiger partial charge is 0.417 e. The van der Waals surface area contributed by atoms with Crippen LogP contribution in [0.3, 0.4) is 0 Å². The zero-order valence-electron chi connectivity index (χ0n) is 11.8. The van der Waals surface area contributed by atoms with Gasteiger partial charge in [0.05, 0.1) is 0 Å². The van der Waals surface area contributed by atoms with Gasteiger partial charge in [-0.25, -0.2) is 4.79 Å². The zero-order chi connectivity index (χ0) is 14.4. The monoisotopic (exact) mass is 269 g/mol. The number of hydrogen-bond donors (Lipinski definition) is 1. The normalized spacial score (nSPS) is 11.7. The van der Waals surface area contributed by atoms with Crippen molar-refractivity contribution in [2.75, 3.05) is 5.32 Å². The van der Waals surface area contributed by atoms with Crippen molar-refractivity contribution in [1.29, 1.82) is 0 Å². The Morgan fingerprint density at radius 2 is 1.75 bits per heavy atom. The maximum atomic E-state index is 11.7. The summed E-state index contributed by atoms with van der Waals surface area (Å²) in [4.78, 5) is 11.7. The van der Waals surface area contributed by atoms with Gasteiger partial charge in [0, 0.05) is 5.69 Å². The van der Waals surface area contributed by atoms with E-state index in [4.69, 9.17) is 4.74 Å². The topological polar surface area (TPSA) is 38.3 Å². The van der Waals surface area contributed by atoms with Crippen LogP contribution in [0.15, 0.2) is 54.6 Å². The number of hydrogen-bond acceptors (Lipinski definition) is 2. The fourth-order valence-electron chi connectivity index (χ4n) is 1.87. The zero-order valence-corrected chi connectivity index (χ0v) is 11.8. The summed E-state index contributed by atoms with van der Waals surface area (Å²) < 4.78 is 5.17. The first-order valence-electron chi connectivity index (χ1n) is 6.83.